The van der Waals surface area contributed by atoms with E-state index in [0.717, 1.165) is 12.2 Å². The Kier molecular flexibility index (Phi) is 3.84. The van der Waals surface area contributed by atoms with Crippen molar-refractivity contribution in [1.29, 1.82) is 0 Å². The predicted octanol–water partition coefficient (Wildman–Crippen LogP) is 3.30. The maximum absolute atomic E-state index is 13.0. The summed E-state index contributed by atoms with van der Waals surface area (Å²) >= 11 is 5.23. The fourth-order valence-corrected chi connectivity index (χ4v) is 2.98. The van der Waals surface area contributed by atoms with E-state index < -0.39 is 6.29 Å². The first-order valence-electron chi connectivity index (χ1n) is 7.68. The summed E-state index contributed by atoms with van der Waals surface area (Å²) < 4.78 is 40.6. The Balaban J connectivity index is 1.31. The first-order valence-corrected chi connectivity index (χ1v) is 8.09. The van der Waals surface area contributed by atoms with Crippen molar-refractivity contribution in [1.82, 2.24) is 5.32 Å². The van der Waals surface area contributed by atoms with Crippen LogP contribution in [0.1, 0.15) is 5.56 Å². The summed E-state index contributed by atoms with van der Waals surface area (Å²) in [5, 5.41) is 6.36. The molecule has 4 rings (SSSR count). The number of rotatable bonds is 3. The Morgan fingerprint density at radius 3 is 2.76 bits per heavy atom. The highest BCUT2D eigenvalue weighted by molar-refractivity contribution is 7.80. The lowest BCUT2D eigenvalue weighted by molar-refractivity contribution is -0.286. The molecule has 2 aliphatic rings. The van der Waals surface area contributed by atoms with Crippen LogP contribution < -0.4 is 24.8 Å². The minimum absolute atomic E-state index is 0.00686. The maximum Gasteiger partial charge on any atom is 0.586 e. The molecule has 2 aliphatic heterocycles. The zero-order valence-electron chi connectivity index (χ0n) is 12.9. The van der Waals surface area contributed by atoms with Gasteiger partial charge in [-0.3, -0.25) is 0 Å². The first-order chi connectivity index (χ1) is 12.0. The Hall–Kier alpha value is -2.61. The molecule has 2 heterocycles. The van der Waals surface area contributed by atoms with Crippen LogP contribution in [0.15, 0.2) is 42.5 Å². The summed E-state index contributed by atoms with van der Waals surface area (Å²) in [5.41, 5.74) is 1.69. The third kappa shape index (κ3) is 3.43. The molecule has 2 aromatic carbocycles. The van der Waals surface area contributed by atoms with Gasteiger partial charge in [-0.1, -0.05) is 18.2 Å². The van der Waals surface area contributed by atoms with Gasteiger partial charge in [0.15, 0.2) is 16.6 Å². The Morgan fingerprint density at radius 2 is 1.92 bits per heavy atom. The van der Waals surface area contributed by atoms with Crippen LogP contribution in [0.25, 0.3) is 0 Å². The van der Waals surface area contributed by atoms with Crippen LogP contribution in [0.2, 0.25) is 0 Å². The summed E-state index contributed by atoms with van der Waals surface area (Å²) in [4.78, 5) is 0. The van der Waals surface area contributed by atoms with Crippen molar-refractivity contribution >= 4 is 23.0 Å². The molecule has 0 aliphatic carbocycles. The van der Waals surface area contributed by atoms with Gasteiger partial charge in [0, 0.05) is 18.2 Å². The lowest BCUT2D eigenvalue weighted by Gasteiger charge is -2.14. The van der Waals surface area contributed by atoms with E-state index in [4.69, 9.17) is 17.0 Å². The second-order valence-electron chi connectivity index (χ2n) is 5.72. The van der Waals surface area contributed by atoms with Crippen molar-refractivity contribution < 1.29 is 23.0 Å². The number of nitrogens with one attached hydrogen (secondary N) is 2. The number of halogens is 2. The Labute approximate surface area is 147 Å². The number of ether oxygens (including phenoxy) is 3. The van der Waals surface area contributed by atoms with Crippen molar-refractivity contribution in [3.8, 4) is 17.2 Å². The van der Waals surface area contributed by atoms with E-state index >= 15 is 0 Å². The van der Waals surface area contributed by atoms with Gasteiger partial charge < -0.3 is 24.8 Å². The van der Waals surface area contributed by atoms with E-state index in [1.807, 2.05) is 24.3 Å². The number of hydrogen-bond donors (Lipinski definition) is 2. The van der Waals surface area contributed by atoms with Crippen LogP contribution in [0.3, 0.4) is 0 Å². The van der Waals surface area contributed by atoms with Crippen molar-refractivity contribution in [3.05, 3.63) is 48.0 Å². The molecule has 0 spiro atoms. The highest BCUT2D eigenvalue weighted by Gasteiger charge is 2.43. The van der Waals surface area contributed by atoms with Crippen LogP contribution in [-0.2, 0) is 6.42 Å². The van der Waals surface area contributed by atoms with Gasteiger partial charge in [0.1, 0.15) is 11.9 Å². The van der Waals surface area contributed by atoms with Gasteiger partial charge in [-0.2, -0.15) is 0 Å². The summed E-state index contributed by atoms with van der Waals surface area (Å²) in [5.74, 6) is 0.851. The topological polar surface area (TPSA) is 51.8 Å². The van der Waals surface area contributed by atoms with Crippen molar-refractivity contribution in [2.75, 3.05) is 11.9 Å². The molecule has 1 atom stereocenters. The van der Waals surface area contributed by atoms with E-state index in [2.05, 4.69) is 20.1 Å². The Morgan fingerprint density at radius 1 is 1.12 bits per heavy atom. The highest BCUT2D eigenvalue weighted by Crippen LogP contribution is 2.42. The van der Waals surface area contributed by atoms with E-state index in [9.17, 15) is 8.78 Å². The molecule has 5 nitrogen and oxygen atoms in total. The summed E-state index contributed by atoms with van der Waals surface area (Å²) in [6, 6.07) is 12.3. The van der Waals surface area contributed by atoms with Gasteiger partial charge >= 0.3 is 6.29 Å². The molecule has 0 amide bonds. The first kappa shape index (κ1) is 15.9. The third-order valence-corrected chi connectivity index (χ3v) is 4.11. The van der Waals surface area contributed by atoms with Crippen LogP contribution in [0.4, 0.5) is 14.5 Å². The molecule has 8 heteroatoms. The number of hydrogen-bond acceptors (Lipinski definition) is 4. The molecule has 0 saturated carbocycles. The van der Waals surface area contributed by atoms with Gasteiger partial charge in [0.2, 0.25) is 0 Å². The number of para-hydroxylation sites is 1. The van der Waals surface area contributed by atoms with Crippen molar-refractivity contribution in [3.63, 3.8) is 0 Å². The van der Waals surface area contributed by atoms with Crippen molar-refractivity contribution in [2.45, 2.75) is 18.8 Å². The summed E-state index contributed by atoms with van der Waals surface area (Å²) in [6.45, 7) is 0.531. The van der Waals surface area contributed by atoms with Gasteiger partial charge in [0.25, 0.3) is 0 Å². The molecule has 0 bridgehead atoms. The predicted molar refractivity (Wildman–Crippen MR) is 91.4 cm³/mol. The maximum atomic E-state index is 13.0. The number of alkyl halides is 2. The quantitative estimate of drug-likeness (QED) is 0.815. The molecule has 0 radical (unpaired) electrons. The van der Waals surface area contributed by atoms with Crippen LogP contribution in [-0.4, -0.2) is 24.1 Å². The van der Waals surface area contributed by atoms with E-state index in [0.29, 0.717) is 17.3 Å². The molecule has 130 valence electrons. The molecule has 0 saturated heterocycles. The average molecular weight is 364 g/mol. The molecule has 2 aromatic rings. The molecular formula is C17H14F2N2O3S. The normalized spacial score (nSPS) is 19.0. The SMILES string of the molecule is FC1(F)Oc2ccc(NC(=S)NC[C@@H]3Cc4ccccc4O3)cc2O1. The van der Waals surface area contributed by atoms with Crippen LogP contribution >= 0.6 is 12.2 Å². The minimum atomic E-state index is -3.63. The molecule has 0 fully saturated rings. The number of thiocarbonyl (C=S) groups is 1. The fourth-order valence-electron chi connectivity index (χ4n) is 2.78. The standard InChI is InChI=1S/C17H14F2N2O3S/c18-17(19)23-14-6-5-11(8-15(14)24-17)21-16(25)20-9-12-7-10-3-1-2-4-13(10)22-12/h1-6,8,12H,7,9H2,(H2,20,21,25)/t12-/m0/s1. The van der Waals surface area contributed by atoms with E-state index in [1.165, 1.54) is 17.7 Å². The van der Waals surface area contributed by atoms with Gasteiger partial charge in [-0.15, -0.1) is 8.78 Å². The van der Waals surface area contributed by atoms with Gasteiger partial charge in [-0.05, 0) is 36.0 Å². The van der Waals surface area contributed by atoms with E-state index in [1.54, 1.807) is 6.07 Å². The average Bonchev–Trinajstić information content (AvgIpc) is 3.11. The molecular weight excluding hydrogens is 350 g/mol. The smallest absolute Gasteiger partial charge is 0.488 e. The number of fused-ring (bicyclic) bond motifs is 2. The van der Waals surface area contributed by atoms with Crippen LogP contribution in [0.5, 0.6) is 17.2 Å². The highest BCUT2D eigenvalue weighted by atomic mass is 32.1. The summed E-state index contributed by atoms with van der Waals surface area (Å²) in [6.07, 6.45) is -2.83. The summed E-state index contributed by atoms with van der Waals surface area (Å²) in [7, 11) is 0. The minimum Gasteiger partial charge on any atom is -0.488 e. The fraction of sp³-hybridized carbons (Fsp3) is 0.235. The number of benzene rings is 2. The Bertz CT molecular complexity index is 806. The second kappa shape index (κ2) is 6.03. The van der Waals surface area contributed by atoms with E-state index in [-0.39, 0.29) is 17.6 Å². The molecule has 25 heavy (non-hydrogen) atoms. The molecule has 0 aromatic heterocycles. The molecule has 2 N–H and O–H groups in total. The van der Waals surface area contributed by atoms with Gasteiger partial charge in [-0.25, -0.2) is 0 Å². The second-order valence-corrected chi connectivity index (χ2v) is 6.12. The monoisotopic (exact) mass is 364 g/mol. The number of anilines is 1. The molecule has 0 unspecified atom stereocenters. The lowest BCUT2D eigenvalue weighted by atomic mass is 10.1. The lowest BCUT2D eigenvalue weighted by Crippen LogP contribution is -2.36. The van der Waals surface area contributed by atoms with Gasteiger partial charge in [0.05, 0.1) is 6.54 Å². The zero-order valence-corrected chi connectivity index (χ0v) is 13.7. The zero-order chi connectivity index (χ0) is 17.4. The third-order valence-electron chi connectivity index (χ3n) is 3.86. The van der Waals surface area contributed by atoms with Crippen molar-refractivity contribution in [2.24, 2.45) is 0 Å². The van der Waals surface area contributed by atoms with Crippen LogP contribution in [0, 0.1) is 0 Å². The largest absolute Gasteiger partial charge is 0.586 e.